The van der Waals surface area contributed by atoms with E-state index >= 15 is 0 Å². The van der Waals surface area contributed by atoms with E-state index in [2.05, 4.69) is 16.0 Å². The van der Waals surface area contributed by atoms with Gasteiger partial charge in [0.05, 0.1) is 19.9 Å². The summed E-state index contributed by atoms with van der Waals surface area (Å²) in [5, 5.41) is 7.47. The Kier molecular flexibility index (Phi) is 5.64. The molecule has 20 heavy (non-hydrogen) atoms. The van der Waals surface area contributed by atoms with Gasteiger partial charge in [0.25, 0.3) is 0 Å². The number of anilines is 1. The minimum atomic E-state index is -0.602. The molecule has 0 aliphatic heterocycles. The number of hydrogen-bond acceptors (Lipinski definition) is 5. The van der Waals surface area contributed by atoms with Gasteiger partial charge in [-0.15, -0.1) is 0 Å². The number of imide groups is 1. The lowest BCUT2D eigenvalue weighted by Gasteiger charge is -2.17. The summed E-state index contributed by atoms with van der Waals surface area (Å²) in [4.78, 5) is 22.8. The predicted molar refractivity (Wildman–Crippen MR) is 75.2 cm³/mol. The van der Waals surface area contributed by atoms with Gasteiger partial charge in [-0.25, -0.2) is 4.79 Å². The Morgan fingerprint density at radius 2 is 1.90 bits per heavy atom. The lowest BCUT2D eigenvalue weighted by atomic mass is 10.2. The van der Waals surface area contributed by atoms with Crippen LogP contribution in [-0.4, -0.2) is 39.2 Å². The zero-order valence-electron chi connectivity index (χ0n) is 11.9. The standard InChI is InChI=1S/C13H19N3O4/c1-8(12(17)16-13(18)14-2)15-10-6-5-9(19-3)7-11(10)20-4/h5-8,15H,1-4H3,(H2,14,16,17,18)/t8-/m0/s1. The van der Waals surface area contributed by atoms with Crippen LogP contribution in [0.2, 0.25) is 0 Å². The van der Waals surface area contributed by atoms with Gasteiger partial charge < -0.3 is 20.1 Å². The van der Waals surface area contributed by atoms with Crippen LogP contribution in [0.3, 0.4) is 0 Å². The molecule has 1 aromatic rings. The molecule has 1 rings (SSSR count). The van der Waals surface area contributed by atoms with Crippen molar-refractivity contribution in [1.29, 1.82) is 0 Å². The van der Waals surface area contributed by atoms with Crippen LogP contribution in [0, 0.1) is 0 Å². The topological polar surface area (TPSA) is 88.7 Å². The van der Waals surface area contributed by atoms with Gasteiger partial charge in [0.15, 0.2) is 0 Å². The molecule has 1 aromatic carbocycles. The van der Waals surface area contributed by atoms with E-state index in [1.165, 1.54) is 14.2 Å². The third-order valence-corrected chi connectivity index (χ3v) is 2.64. The van der Waals surface area contributed by atoms with Crippen LogP contribution in [-0.2, 0) is 4.79 Å². The Hall–Kier alpha value is -2.44. The monoisotopic (exact) mass is 281 g/mol. The third-order valence-electron chi connectivity index (χ3n) is 2.64. The fraction of sp³-hybridized carbons (Fsp3) is 0.385. The van der Waals surface area contributed by atoms with Crippen molar-refractivity contribution in [3.05, 3.63) is 18.2 Å². The summed E-state index contributed by atoms with van der Waals surface area (Å²) >= 11 is 0. The Morgan fingerprint density at radius 3 is 2.45 bits per heavy atom. The molecule has 0 unspecified atom stereocenters. The average Bonchev–Trinajstić information content (AvgIpc) is 2.47. The van der Waals surface area contributed by atoms with Crippen LogP contribution in [0.15, 0.2) is 18.2 Å². The molecule has 0 aliphatic carbocycles. The molecule has 0 aliphatic rings. The van der Waals surface area contributed by atoms with Gasteiger partial charge in [0.2, 0.25) is 5.91 Å². The first kappa shape index (κ1) is 15.6. The van der Waals surface area contributed by atoms with E-state index in [4.69, 9.17) is 9.47 Å². The summed E-state index contributed by atoms with van der Waals surface area (Å²) in [5.41, 5.74) is 0.632. The van der Waals surface area contributed by atoms with Crippen molar-refractivity contribution in [2.45, 2.75) is 13.0 Å². The van der Waals surface area contributed by atoms with Crippen LogP contribution in [0.5, 0.6) is 11.5 Å². The normalized spacial score (nSPS) is 11.2. The van der Waals surface area contributed by atoms with Gasteiger partial charge in [0.1, 0.15) is 17.5 Å². The van der Waals surface area contributed by atoms with Gasteiger partial charge in [-0.05, 0) is 19.1 Å². The minimum Gasteiger partial charge on any atom is -0.497 e. The second-order valence-corrected chi connectivity index (χ2v) is 4.00. The second kappa shape index (κ2) is 7.22. The second-order valence-electron chi connectivity index (χ2n) is 4.00. The number of carbonyl (C=O) groups excluding carboxylic acids is 2. The molecule has 3 N–H and O–H groups in total. The lowest BCUT2D eigenvalue weighted by molar-refractivity contribution is -0.120. The molecule has 0 saturated heterocycles. The van der Waals surface area contributed by atoms with Crippen molar-refractivity contribution in [2.75, 3.05) is 26.6 Å². The zero-order chi connectivity index (χ0) is 15.1. The highest BCUT2D eigenvalue weighted by Crippen LogP contribution is 2.29. The molecular formula is C13H19N3O4. The van der Waals surface area contributed by atoms with E-state index in [1.54, 1.807) is 32.2 Å². The highest BCUT2D eigenvalue weighted by Gasteiger charge is 2.16. The van der Waals surface area contributed by atoms with Crippen LogP contribution in [0.1, 0.15) is 6.92 Å². The molecule has 0 spiro atoms. The largest absolute Gasteiger partial charge is 0.497 e. The van der Waals surface area contributed by atoms with Gasteiger partial charge in [-0.2, -0.15) is 0 Å². The fourth-order valence-electron chi connectivity index (χ4n) is 1.50. The van der Waals surface area contributed by atoms with Gasteiger partial charge in [0, 0.05) is 13.1 Å². The first-order chi connectivity index (χ1) is 9.51. The summed E-state index contributed by atoms with van der Waals surface area (Å²) < 4.78 is 10.3. The molecule has 3 amide bonds. The number of urea groups is 1. The van der Waals surface area contributed by atoms with Crippen molar-refractivity contribution < 1.29 is 19.1 Å². The molecule has 0 radical (unpaired) electrons. The van der Waals surface area contributed by atoms with Gasteiger partial charge in [-0.3, -0.25) is 10.1 Å². The van der Waals surface area contributed by atoms with Gasteiger partial charge >= 0.3 is 6.03 Å². The van der Waals surface area contributed by atoms with Crippen molar-refractivity contribution in [2.24, 2.45) is 0 Å². The molecule has 0 heterocycles. The average molecular weight is 281 g/mol. The van der Waals surface area contributed by atoms with E-state index in [9.17, 15) is 9.59 Å². The molecule has 0 bridgehead atoms. The van der Waals surface area contributed by atoms with Crippen LogP contribution in [0.4, 0.5) is 10.5 Å². The Bertz CT molecular complexity index is 491. The van der Waals surface area contributed by atoms with E-state index in [0.29, 0.717) is 17.2 Å². The zero-order valence-corrected chi connectivity index (χ0v) is 11.9. The van der Waals surface area contributed by atoms with Crippen LogP contribution in [0.25, 0.3) is 0 Å². The van der Waals surface area contributed by atoms with Crippen LogP contribution >= 0.6 is 0 Å². The number of carbonyl (C=O) groups is 2. The maximum absolute atomic E-state index is 11.7. The molecule has 7 nitrogen and oxygen atoms in total. The number of ether oxygens (including phenoxy) is 2. The first-order valence-corrected chi connectivity index (χ1v) is 6.03. The highest BCUT2D eigenvalue weighted by molar-refractivity contribution is 5.98. The predicted octanol–water partition coefficient (Wildman–Crippen LogP) is 0.960. The SMILES string of the molecule is CNC(=O)NC(=O)[C@H](C)Nc1ccc(OC)cc1OC. The molecule has 0 fully saturated rings. The quantitative estimate of drug-likeness (QED) is 0.748. The summed E-state index contributed by atoms with van der Waals surface area (Å²) in [6.45, 7) is 1.64. The number of methoxy groups -OCH3 is 2. The first-order valence-electron chi connectivity index (χ1n) is 6.03. The lowest BCUT2D eigenvalue weighted by Crippen LogP contribution is -2.44. The number of hydrogen-bond donors (Lipinski definition) is 3. The Labute approximate surface area is 117 Å². The smallest absolute Gasteiger partial charge is 0.321 e. The molecular weight excluding hydrogens is 262 g/mol. The van der Waals surface area contributed by atoms with E-state index in [-0.39, 0.29) is 0 Å². The highest BCUT2D eigenvalue weighted by atomic mass is 16.5. The summed E-state index contributed by atoms with van der Waals surface area (Å²) in [7, 11) is 4.52. The Balaban J connectivity index is 2.77. The third kappa shape index (κ3) is 4.04. The minimum absolute atomic E-state index is 0.442. The summed E-state index contributed by atoms with van der Waals surface area (Å²) in [6, 6.07) is 4.03. The van der Waals surface area contributed by atoms with E-state index in [0.717, 1.165) is 0 Å². The number of amides is 3. The van der Waals surface area contributed by atoms with Crippen molar-refractivity contribution in [3.63, 3.8) is 0 Å². The maximum atomic E-state index is 11.7. The fourth-order valence-corrected chi connectivity index (χ4v) is 1.50. The maximum Gasteiger partial charge on any atom is 0.321 e. The number of nitrogens with one attached hydrogen (secondary N) is 3. The Morgan fingerprint density at radius 1 is 1.20 bits per heavy atom. The van der Waals surface area contributed by atoms with Crippen molar-refractivity contribution in [1.82, 2.24) is 10.6 Å². The molecule has 0 saturated carbocycles. The van der Waals surface area contributed by atoms with Gasteiger partial charge in [-0.1, -0.05) is 0 Å². The molecule has 7 heteroatoms. The molecule has 0 aromatic heterocycles. The van der Waals surface area contributed by atoms with Crippen molar-refractivity contribution in [3.8, 4) is 11.5 Å². The molecule has 110 valence electrons. The van der Waals surface area contributed by atoms with Crippen molar-refractivity contribution >= 4 is 17.6 Å². The summed E-state index contributed by atoms with van der Waals surface area (Å²) in [5.74, 6) is 0.751. The number of benzene rings is 1. The van der Waals surface area contributed by atoms with E-state index < -0.39 is 18.0 Å². The molecule has 1 atom stereocenters. The number of rotatable bonds is 5. The summed E-state index contributed by atoms with van der Waals surface area (Å²) in [6.07, 6.45) is 0. The van der Waals surface area contributed by atoms with Crippen LogP contribution < -0.4 is 25.4 Å². The van der Waals surface area contributed by atoms with E-state index in [1.807, 2.05) is 0 Å².